The third-order valence-corrected chi connectivity index (χ3v) is 2.57. The van der Waals surface area contributed by atoms with Crippen LogP contribution >= 0.6 is 0 Å². The summed E-state index contributed by atoms with van der Waals surface area (Å²) in [6.07, 6.45) is 0. The molecule has 0 aliphatic carbocycles. The Morgan fingerprint density at radius 1 is 1.29 bits per heavy atom. The lowest BCUT2D eigenvalue weighted by molar-refractivity contribution is -0.121. The molecule has 5 nitrogen and oxygen atoms in total. The van der Waals surface area contributed by atoms with Crippen molar-refractivity contribution in [1.82, 2.24) is 5.32 Å². The van der Waals surface area contributed by atoms with E-state index >= 15 is 0 Å². The molecule has 0 bridgehead atoms. The third kappa shape index (κ3) is 2.61. The fraction of sp³-hybridized carbons (Fsp3) is 0.417. The average Bonchev–Trinajstić information content (AvgIpc) is 2.37. The number of benzene rings is 1. The van der Waals surface area contributed by atoms with E-state index in [0.29, 0.717) is 19.0 Å². The highest BCUT2D eigenvalue weighted by Gasteiger charge is 2.14. The van der Waals surface area contributed by atoms with Crippen LogP contribution in [-0.2, 0) is 4.79 Å². The number of hydrogen-bond acceptors (Lipinski definition) is 4. The molecule has 0 aromatic heterocycles. The maximum atomic E-state index is 11.4. The summed E-state index contributed by atoms with van der Waals surface area (Å²) in [6.45, 7) is 2.94. The summed E-state index contributed by atoms with van der Waals surface area (Å²) in [5.41, 5.74) is 0.838. The lowest BCUT2D eigenvalue weighted by Gasteiger charge is -2.20. The quantitative estimate of drug-likeness (QED) is 0.822. The van der Waals surface area contributed by atoms with Gasteiger partial charge in [-0.15, -0.1) is 0 Å². The van der Waals surface area contributed by atoms with E-state index in [1.165, 1.54) is 0 Å². The van der Waals surface area contributed by atoms with Gasteiger partial charge in [-0.05, 0) is 19.1 Å². The Morgan fingerprint density at radius 2 is 2.00 bits per heavy atom. The summed E-state index contributed by atoms with van der Waals surface area (Å²) in [4.78, 5) is 11.4. The number of anilines is 1. The van der Waals surface area contributed by atoms with Gasteiger partial charge in [0.1, 0.15) is 19.3 Å². The number of likely N-dealkylation sites (N-methyl/N-ethyl adjacent to an activating group) is 1. The number of fused-ring (bicyclic) bond motifs is 1. The zero-order valence-electron chi connectivity index (χ0n) is 9.95. The van der Waals surface area contributed by atoms with Gasteiger partial charge >= 0.3 is 0 Å². The maximum Gasteiger partial charge on any atom is 0.241 e. The summed E-state index contributed by atoms with van der Waals surface area (Å²) >= 11 is 0. The van der Waals surface area contributed by atoms with Gasteiger partial charge in [-0.2, -0.15) is 0 Å². The van der Waals surface area contributed by atoms with Crippen molar-refractivity contribution in [2.45, 2.75) is 13.0 Å². The van der Waals surface area contributed by atoms with Gasteiger partial charge in [0.25, 0.3) is 0 Å². The van der Waals surface area contributed by atoms with E-state index < -0.39 is 0 Å². The first kappa shape index (κ1) is 11.6. The summed E-state index contributed by atoms with van der Waals surface area (Å²) in [7, 11) is 1.62. The van der Waals surface area contributed by atoms with E-state index in [9.17, 15) is 4.79 Å². The van der Waals surface area contributed by atoms with E-state index in [-0.39, 0.29) is 11.9 Å². The van der Waals surface area contributed by atoms with Crippen LogP contribution in [0.4, 0.5) is 5.69 Å². The lowest BCUT2D eigenvalue weighted by Crippen LogP contribution is -2.35. The first-order chi connectivity index (χ1) is 8.20. The van der Waals surface area contributed by atoms with Crippen LogP contribution in [0, 0.1) is 0 Å². The number of amides is 1. The normalized spacial score (nSPS) is 14.9. The number of hydrogen-bond donors (Lipinski definition) is 2. The molecule has 1 amide bonds. The Balaban J connectivity index is 2.09. The van der Waals surface area contributed by atoms with Crippen molar-refractivity contribution in [2.24, 2.45) is 0 Å². The van der Waals surface area contributed by atoms with E-state index in [1.54, 1.807) is 14.0 Å². The Kier molecular flexibility index (Phi) is 3.37. The number of carbonyl (C=O) groups is 1. The van der Waals surface area contributed by atoms with Crippen molar-refractivity contribution in [3.8, 4) is 11.5 Å². The summed E-state index contributed by atoms with van der Waals surface area (Å²) in [5, 5.41) is 5.69. The summed E-state index contributed by atoms with van der Waals surface area (Å²) in [5.74, 6) is 1.40. The van der Waals surface area contributed by atoms with Crippen molar-refractivity contribution < 1.29 is 14.3 Å². The highest BCUT2D eigenvalue weighted by Crippen LogP contribution is 2.32. The fourth-order valence-corrected chi connectivity index (χ4v) is 1.67. The van der Waals surface area contributed by atoms with E-state index in [1.807, 2.05) is 18.2 Å². The summed E-state index contributed by atoms with van der Waals surface area (Å²) in [6, 6.07) is 5.26. The molecule has 1 aromatic carbocycles. The van der Waals surface area contributed by atoms with Crippen LogP contribution in [0.3, 0.4) is 0 Å². The minimum absolute atomic E-state index is 0.0557. The van der Waals surface area contributed by atoms with Gasteiger partial charge in [0.05, 0.1) is 0 Å². The van der Waals surface area contributed by atoms with Crippen molar-refractivity contribution in [2.75, 3.05) is 25.6 Å². The van der Waals surface area contributed by atoms with Gasteiger partial charge in [-0.25, -0.2) is 0 Å². The fourth-order valence-electron chi connectivity index (χ4n) is 1.67. The van der Waals surface area contributed by atoms with Crippen molar-refractivity contribution in [3.05, 3.63) is 18.2 Å². The smallest absolute Gasteiger partial charge is 0.241 e. The maximum absolute atomic E-state index is 11.4. The third-order valence-electron chi connectivity index (χ3n) is 2.57. The lowest BCUT2D eigenvalue weighted by atomic mass is 10.2. The molecule has 0 radical (unpaired) electrons. The molecule has 0 fully saturated rings. The van der Waals surface area contributed by atoms with Crippen LogP contribution in [-0.4, -0.2) is 32.2 Å². The molecule has 2 N–H and O–H groups in total. The Hall–Kier alpha value is -1.91. The van der Waals surface area contributed by atoms with Crippen LogP contribution in [0.1, 0.15) is 6.92 Å². The molecule has 0 saturated carbocycles. The van der Waals surface area contributed by atoms with Crippen molar-refractivity contribution in [1.29, 1.82) is 0 Å². The molecule has 1 heterocycles. The molecule has 1 aliphatic heterocycles. The van der Waals surface area contributed by atoms with Gasteiger partial charge in [-0.1, -0.05) is 0 Å². The molecule has 2 rings (SSSR count). The SMILES string of the molecule is CNC(=O)C(C)Nc1ccc2c(c1)OCCO2. The second kappa shape index (κ2) is 4.95. The molecular formula is C12H16N2O3. The molecule has 5 heteroatoms. The van der Waals surface area contributed by atoms with Crippen LogP contribution < -0.4 is 20.1 Å². The topological polar surface area (TPSA) is 59.6 Å². The van der Waals surface area contributed by atoms with E-state index in [2.05, 4.69) is 10.6 Å². The summed E-state index contributed by atoms with van der Waals surface area (Å²) < 4.78 is 10.9. The number of carbonyl (C=O) groups excluding carboxylic acids is 1. The predicted molar refractivity (Wildman–Crippen MR) is 64.6 cm³/mol. The highest BCUT2D eigenvalue weighted by molar-refractivity contribution is 5.84. The molecule has 1 aromatic rings. The molecule has 1 atom stereocenters. The first-order valence-electron chi connectivity index (χ1n) is 5.58. The second-order valence-electron chi connectivity index (χ2n) is 3.84. The van der Waals surface area contributed by atoms with E-state index in [0.717, 1.165) is 11.4 Å². The van der Waals surface area contributed by atoms with Crippen LogP contribution in [0.15, 0.2) is 18.2 Å². The van der Waals surface area contributed by atoms with Gasteiger partial charge < -0.3 is 20.1 Å². The van der Waals surface area contributed by atoms with Gasteiger partial charge in [0.2, 0.25) is 5.91 Å². The molecule has 1 unspecified atom stereocenters. The standard InChI is InChI=1S/C12H16N2O3/c1-8(12(15)13-2)14-9-3-4-10-11(7-9)17-6-5-16-10/h3-4,7-8,14H,5-6H2,1-2H3,(H,13,15). The van der Waals surface area contributed by atoms with Gasteiger partial charge in [0.15, 0.2) is 11.5 Å². The highest BCUT2D eigenvalue weighted by atomic mass is 16.6. The zero-order chi connectivity index (χ0) is 12.3. The van der Waals surface area contributed by atoms with Gasteiger partial charge in [0, 0.05) is 18.8 Å². The minimum Gasteiger partial charge on any atom is -0.486 e. The Bertz CT molecular complexity index is 420. The molecule has 17 heavy (non-hydrogen) atoms. The second-order valence-corrected chi connectivity index (χ2v) is 3.84. The Labute approximate surface area is 100 Å². The molecule has 1 aliphatic rings. The molecule has 92 valence electrons. The Morgan fingerprint density at radius 3 is 2.71 bits per heavy atom. The van der Waals surface area contributed by atoms with Crippen LogP contribution in [0.5, 0.6) is 11.5 Å². The largest absolute Gasteiger partial charge is 0.486 e. The van der Waals surface area contributed by atoms with Crippen molar-refractivity contribution in [3.63, 3.8) is 0 Å². The molecule has 0 spiro atoms. The number of nitrogens with one attached hydrogen (secondary N) is 2. The molecule has 0 saturated heterocycles. The van der Waals surface area contributed by atoms with E-state index in [4.69, 9.17) is 9.47 Å². The number of ether oxygens (including phenoxy) is 2. The van der Waals surface area contributed by atoms with Crippen LogP contribution in [0.25, 0.3) is 0 Å². The first-order valence-corrected chi connectivity index (χ1v) is 5.58. The zero-order valence-corrected chi connectivity index (χ0v) is 9.95. The number of rotatable bonds is 3. The molecular weight excluding hydrogens is 220 g/mol. The van der Waals surface area contributed by atoms with Crippen LogP contribution in [0.2, 0.25) is 0 Å². The minimum atomic E-state index is -0.289. The monoisotopic (exact) mass is 236 g/mol. The predicted octanol–water partition coefficient (Wildman–Crippen LogP) is 1.00. The average molecular weight is 236 g/mol. The van der Waals surface area contributed by atoms with Gasteiger partial charge in [-0.3, -0.25) is 4.79 Å². The van der Waals surface area contributed by atoms with Crippen molar-refractivity contribution >= 4 is 11.6 Å².